The Morgan fingerprint density at radius 2 is 1.96 bits per heavy atom. The Kier molecular flexibility index (Phi) is 9.53. The lowest BCUT2D eigenvalue weighted by Crippen LogP contribution is -2.42. The number of nitrogens with one attached hydrogen (secondary N) is 2. The van der Waals surface area contributed by atoms with Crippen molar-refractivity contribution in [2.75, 3.05) is 13.6 Å². The molecule has 0 saturated carbocycles. The van der Waals surface area contributed by atoms with E-state index < -0.39 is 5.60 Å². The summed E-state index contributed by atoms with van der Waals surface area (Å²) in [6, 6.07) is 7.55. The highest BCUT2D eigenvalue weighted by Crippen LogP contribution is 2.21. The average Bonchev–Trinajstić information content (AvgIpc) is 2.41. The van der Waals surface area contributed by atoms with Gasteiger partial charge in [-0.05, 0) is 39.3 Å². The summed E-state index contributed by atoms with van der Waals surface area (Å²) in [6.07, 6.45) is 0. The molecule has 0 saturated heterocycles. The van der Waals surface area contributed by atoms with Gasteiger partial charge in [-0.2, -0.15) is 0 Å². The van der Waals surface area contributed by atoms with Gasteiger partial charge in [0.15, 0.2) is 5.96 Å². The molecule has 130 valence electrons. The van der Waals surface area contributed by atoms with Crippen LogP contribution in [0.25, 0.3) is 0 Å². The van der Waals surface area contributed by atoms with Crippen LogP contribution in [0, 0.1) is 0 Å². The maximum Gasteiger partial charge on any atom is 0.325 e. The molecule has 1 unspecified atom stereocenters. The van der Waals surface area contributed by atoms with Crippen molar-refractivity contribution in [3.63, 3.8) is 0 Å². The number of nitrogens with zero attached hydrogens (tertiary/aromatic N) is 1. The Bertz CT molecular complexity index is 544. The van der Waals surface area contributed by atoms with Crippen molar-refractivity contribution < 1.29 is 9.53 Å². The summed E-state index contributed by atoms with van der Waals surface area (Å²) >= 11 is 6.17. The van der Waals surface area contributed by atoms with Crippen LogP contribution in [0.1, 0.15) is 39.3 Å². The first-order valence-corrected chi connectivity index (χ1v) is 7.54. The summed E-state index contributed by atoms with van der Waals surface area (Å²) in [4.78, 5) is 15.8. The van der Waals surface area contributed by atoms with Crippen LogP contribution in [0.5, 0.6) is 0 Å². The van der Waals surface area contributed by atoms with E-state index in [1.54, 1.807) is 7.05 Å². The van der Waals surface area contributed by atoms with Gasteiger partial charge < -0.3 is 15.4 Å². The first kappa shape index (κ1) is 22.0. The number of aliphatic imine (C=N–C) groups is 1. The summed E-state index contributed by atoms with van der Waals surface area (Å²) < 4.78 is 5.24. The normalized spacial score (nSPS) is 12.9. The molecule has 23 heavy (non-hydrogen) atoms. The summed E-state index contributed by atoms with van der Waals surface area (Å²) in [5.41, 5.74) is 0.463. The quantitative estimate of drug-likeness (QED) is 0.317. The molecule has 0 aliphatic rings. The van der Waals surface area contributed by atoms with Crippen LogP contribution in [0.15, 0.2) is 29.3 Å². The highest BCUT2D eigenvalue weighted by atomic mass is 127. The molecule has 0 fully saturated rings. The van der Waals surface area contributed by atoms with Gasteiger partial charge >= 0.3 is 5.97 Å². The molecular formula is C16H25ClIN3O2. The smallest absolute Gasteiger partial charge is 0.325 e. The number of guanidine groups is 1. The summed E-state index contributed by atoms with van der Waals surface area (Å²) in [5, 5.41) is 6.81. The predicted octanol–water partition coefficient (Wildman–Crippen LogP) is 3.53. The molecule has 1 rings (SSSR count). The van der Waals surface area contributed by atoms with E-state index in [4.69, 9.17) is 16.3 Å². The fourth-order valence-corrected chi connectivity index (χ4v) is 2.14. The fourth-order valence-electron chi connectivity index (χ4n) is 1.84. The number of rotatable bonds is 4. The number of benzene rings is 1. The van der Waals surface area contributed by atoms with E-state index in [0.29, 0.717) is 11.0 Å². The van der Waals surface area contributed by atoms with Crippen LogP contribution in [-0.4, -0.2) is 31.1 Å². The van der Waals surface area contributed by atoms with Crippen molar-refractivity contribution >= 4 is 47.5 Å². The number of carbonyl (C=O) groups is 1. The van der Waals surface area contributed by atoms with Gasteiger partial charge in [0, 0.05) is 12.1 Å². The zero-order chi connectivity index (χ0) is 16.8. The Hall–Kier alpha value is -1.02. The molecule has 0 aliphatic heterocycles. The number of hydrogen-bond acceptors (Lipinski definition) is 3. The van der Waals surface area contributed by atoms with Crippen LogP contribution < -0.4 is 10.6 Å². The van der Waals surface area contributed by atoms with Crippen molar-refractivity contribution in [1.29, 1.82) is 0 Å². The highest BCUT2D eigenvalue weighted by Gasteiger charge is 2.17. The molecule has 7 heteroatoms. The van der Waals surface area contributed by atoms with Crippen molar-refractivity contribution in [2.45, 2.75) is 39.3 Å². The lowest BCUT2D eigenvalue weighted by atomic mass is 10.1. The number of ether oxygens (including phenoxy) is 1. The average molecular weight is 454 g/mol. The summed E-state index contributed by atoms with van der Waals surface area (Å²) in [6.45, 7) is 7.51. The molecule has 1 aromatic carbocycles. The molecule has 0 aromatic heterocycles. The Balaban J connectivity index is 0.00000484. The minimum absolute atomic E-state index is 0. The monoisotopic (exact) mass is 453 g/mol. The van der Waals surface area contributed by atoms with Crippen LogP contribution in [0.4, 0.5) is 0 Å². The standard InChI is InChI=1S/C16H24ClN3O2.HI/c1-11(12-8-6-7-9-13(12)17)20-15(18-5)19-10-14(21)22-16(2,3)4;/h6-9,11H,10H2,1-5H3,(H2,18,19,20);1H. The van der Waals surface area contributed by atoms with E-state index in [0.717, 1.165) is 5.56 Å². The Morgan fingerprint density at radius 1 is 1.35 bits per heavy atom. The zero-order valence-corrected chi connectivity index (χ0v) is 17.2. The second-order valence-electron chi connectivity index (χ2n) is 5.90. The topological polar surface area (TPSA) is 62.7 Å². The van der Waals surface area contributed by atoms with Crippen molar-refractivity contribution in [3.8, 4) is 0 Å². The minimum atomic E-state index is -0.499. The Labute approximate surface area is 160 Å². The van der Waals surface area contributed by atoms with Crippen LogP contribution in [0.3, 0.4) is 0 Å². The summed E-state index contributed by atoms with van der Waals surface area (Å²) in [7, 11) is 1.64. The van der Waals surface area contributed by atoms with Crippen LogP contribution in [-0.2, 0) is 9.53 Å². The van der Waals surface area contributed by atoms with E-state index in [1.165, 1.54) is 0 Å². The van der Waals surface area contributed by atoms with Gasteiger partial charge in [0.05, 0.1) is 6.04 Å². The minimum Gasteiger partial charge on any atom is -0.459 e. The number of halogens is 2. The molecule has 1 aromatic rings. The second-order valence-corrected chi connectivity index (χ2v) is 6.31. The molecule has 0 amide bonds. The maximum absolute atomic E-state index is 11.7. The van der Waals surface area contributed by atoms with E-state index in [9.17, 15) is 4.79 Å². The molecular weight excluding hydrogens is 429 g/mol. The van der Waals surface area contributed by atoms with Crippen LogP contribution >= 0.6 is 35.6 Å². The third-order valence-electron chi connectivity index (χ3n) is 2.77. The predicted molar refractivity (Wildman–Crippen MR) is 106 cm³/mol. The largest absolute Gasteiger partial charge is 0.459 e. The number of hydrogen-bond donors (Lipinski definition) is 2. The lowest BCUT2D eigenvalue weighted by Gasteiger charge is -2.21. The molecule has 0 radical (unpaired) electrons. The third kappa shape index (κ3) is 8.41. The highest BCUT2D eigenvalue weighted by molar-refractivity contribution is 14.0. The first-order chi connectivity index (χ1) is 10.2. The molecule has 0 aliphatic carbocycles. The van der Waals surface area contributed by atoms with Gasteiger partial charge in [-0.1, -0.05) is 29.8 Å². The fraction of sp³-hybridized carbons (Fsp3) is 0.500. The van der Waals surface area contributed by atoms with Gasteiger partial charge in [-0.15, -0.1) is 24.0 Å². The van der Waals surface area contributed by atoms with E-state index in [-0.39, 0.29) is 42.5 Å². The van der Waals surface area contributed by atoms with Crippen LogP contribution in [0.2, 0.25) is 5.02 Å². The number of carbonyl (C=O) groups excluding carboxylic acids is 1. The first-order valence-electron chi connectivity index (χ1n) is 7.16. The van der Waals surface area contributed by atoms with Gasteiger partial charge in [0.25, 0.3) is 0 Å². The SMILES string of the molecule is CN=C(NCC(=O)OC(C)(C)C)NC(C)c1ccccc1Cl.I. The van der Waals surface area contributed by atoms with Crippen molar-refractivity contribution in [1.82, 2.24) is 10.6 Å². The second kappa shape index (κ2) is 9.97. The molecule has 5 nitrogen and oxygen atoms in total. The number of esters is 1. The van der Waals surface area contributed by atoms with Gasteiger partial charge in [-0.3, -0.25) is 9.79 Å². The molecule has 0 spiro atoms. The van der Waals surface area contributed by atoms with Gasteiger partial charge in [0.2, 0.25) is 0 Å². The molecule has 0 bridgehead atoms. The van der Waals surface area contributed by atoms with E-state index in [1.807, 2.05) is 52.0 Å². The third-order valence-corrected chi connectivity index (χ3v) is 3.11. The maximum atomic E-state index is 11.7. The van der Waals surface area contributed by atoms with Crippen molar-refractivity contribution in [2.24, 2.45) is 4.99 Å². The lowest BCUT2D eigenvalue weighted by molar-refractivity contribution is -0.153. The zero-order valence-electron chi connectivity index (χ0n) is 14.1. The van der Waals surface area contributed by atoms with Gasteiger partial charge in [0.1, 0.15) is 12.1 Å². The molecule has 1 atom stereocenters. The Morgan fingerprint density at radius 3 is 2.48 bits per heavy atom. The van der Waals surface area contributed by atoms with E-state index in [2.05, 4.69) is 15.6 Å². The van der Waals surface area contributed by atoms with Crippen molar-refractivity contribution in [3.05, 3.63) is 34.9 Å². The molecule has 0 heterocycles. The molecule has 2 N–H and O–H groups in total. The van der Waals surface area contributed by atoms with E-state index >= 15 is 0 Å². The van der Waals surface area contributed by atoms with Gasteiger partial charge in [-0.25, -0.2) is 0 Å². The summed E-state index contributed by atoms with van der Waals surface area (Å²) in [5.74, 6) is 0.180.